The molecule has 7 heteroatoms. The molecule has 4 aromatic rings. The average molecular weight is 445 g/mol. The highest BCUT2D eigenvalue weighted by molar-refractivity contribution is 6.31. The standard InChI is InChI=1S/C25H21ClN4O2/c26-20-11-15(5-6-19(20)25(28)7-8-25)16-12-21-17(3-1-9-29-21)23(13-16)32-14-22-18(24(27)31)4-2-10-30-22/h1-6,9-13H,7-8,14,28H2,(H2,27,31). The lowest BCUT2D eigenvalue weighted by Gasteiger charge is -2.15. The summed E-state index contributed by atoms with van der Waals surface area (Å²) in [4.78, 5) is 20.5. The lowest BCUT2D eigenvalue weighted by molar-refractivity contribution is 0.0997. The van der Waals surface area contributed by atoms with E-state index in [0.717, 1.165) is 40.4 Å². The molecule has 0 aliphatic heterocycles. The molecule has 0 bridgehead atoms. The minimum Gasteiger partial charge on any atom is -0.487 e. The van der Waals surface area contributed by atoms with Crippen LogP contribution in [0.25, 0.3) is 22.0 Å². The van der Waals surface area contributed by atoms with E-state index in [4.69, 9.17) is 27.8 Å². The van der Waals surface area contributed by atoms with Crippen LogP contribution in [-0.4, -0.2) is 15.9 Å². The van der Waals surface area contributed by atoms with E-state index in [9.17, 15) is 4.79 Å². The number of amides is 1. The van der Waals surface area contributed by atoms with E-state index in [0.29, 0.717) is 22.0 Å². The molecule has 2 aromatic heterocycles. The summed E-state index contributed by atoms with van der Waals surface area (Å²) in [6.45, 7) is 0.0992. The second-order valence-electron chi connectivity index (χ2n) is 8.05. The molecular formula is C25H21ClN4O2. The van der Waals surface area contributed by atoms with Gasteiger partial charge >= 0.3 is 0 Å². The zero-order valence-electron chi connectivity index (χ0n) is 17.2. The van der Waals surface area contributed by atoms with Crippen LogP contribution in [0.4, 0.5) is 0 Å². The number of ether oxygens (including phenoxy) is 1. The SMILES string of the molecule is NC(=O)c1cccnc1COc1cc(-c2ccc(C3(N)CC3)c(Cl)c2)cc2ncccc12. The van der Waals surface area contributed by atoms with E-state index in [1.807, 2.05) is 42.5 Å². The predicted octanol–water partition coefficient (Wildman–Crippen LogP) is 4.58. The summed E-state index contributed by atoms with van der Waals surface area (Å²) >= 11 is 6.57. The number of halogens is 1. The maximum atomic E-state index is 11.7. The van der Waals surface area contributed by atoms with E-state index in [2.05, 4.69) is 9.97 Å². The minimum absolute atomic E-state index is 0.0992. The maximum Gasteiger partial charge on any atom is 0.250 e. The fourth-order valence-corrected chi connectivity index (χ4v) is 4.23. The Morgan fingerprint density at radius 1 is 1.03 bits per heavy atom. The number of fused-ring (bicyclic) bond motifs is 1. The van der Waals surface area contributed by atoms with Gasteiger partial charge in [0, 0.05) is 28.3 Å². The lowest BCUT2D eigenvalue weighted by atomic mass is 9.98. The van der Waals surface area contributed by atoms with Gasteiger partial charge in [-0.25, -0.2) is 0 Å². The van der Waals surface area contributed by atoms with Gasteiger partial charge in [-0.2, -0.15) is 0 Å². The quantitative estimate of drug-likeness (QED) is 0.453. The Balaban J connectivity index is 1.53. The molecule has 6 nitrogen and oxygen atoms in total. The van der Waals surface area contributed by atoms with Crippen LogP contribution in [0.2, 0.25) is 5.02 Å². The zero-order valence-corrected chi connectivity index (χ0v) is 18.0. The van der Waals surface area contributed by atoms with Crippen LogP contribution in [0, 0.1) is 0 Å². The molecule has 1 aliphatic rings. The fourth-order valence-electron chi connectivity index (χ4n) is 3.86. The Labute approximate surface area is 190 Å². The van der Waals surface area contributed by atoms with E-state index >= 15 is 0 Å². The number of carbonyl (C=O) groups excluding carboxylic acids is 1. The number of nitrogens with two attached hydrogens (primary N) is 2. The molecule has 4 N–H and O–H groups in total. The van der Waals surface area contributed by atoms with Crippen molar-refractivity contribution in [2.24, 2.45) is 11.5 Å². The Kier molecular flexibility index (Phi) is 5.04. The van der Waals surface area contributed by atoms with E-state index in [1.54, 1.807) is 24.5 Å². The highest BCUT2D eigenvalue weighted by Crippen LogP contribution is 2.46. The largest absolute Gasteiger partial charge is 0.487 e. The Morgan fingerprint density at radius 3 is 2.56 bits per heavy atom. The molecule has 0 radical (unpaired) electrons. The lowest BCUT2D eigenvalue weighted by Crippen LogP contribution is -2.19. The topological polar surface area (TPSA) is 104 Å². The number of hydrogen-bond acceptors (Lipinski definition) is 5. The summed E-state index contributed by atoms with van der Waals surface area (Å²) in [6, 6.07) is 17.0. The van der Waals surface area contributed by atoms with Gasteiger partial charge in [0.15, 0.2) is 0 Å². The fraction of sp³-hybridized carbons (Fsp3) is 0.160. The third-order valence-electron chi connectivity index (χ3n) is 5.83. The molecule has 1 aliphatic carbocycles. The van der Waals surface area contributed by atoms with Gasteiger partial charge in [0.2, 0.25) is 0 Å². The summed E-state index contributed by atoms with van der Waals surface area (Å²) in [6.07, 6.45) is 5.24. The van der Waals surface area contributed by atoms with Crippen molar-refractivity contribution in [1.29, 1.82) is 0 Å². The van der Waals surface area contributed by atoms with E-state index in [1.165, 1.54) is 0 Å². The number of benzene rings is 2. The van der Waals surface area contributed by atoms with Gasteiger partial charge in [-0.3, -0.25) is 14.8 Å². The summed E-state index contributed by atoms with van der Waals surface area (Å²) < 4.78 is 6.11. The van der Waals surface area contributed by atoms with Crippen LogP contribution in [0.5, 0.6) is 5.75 Å². The van der Waals surface area contributed by atoms with Crippen molar-refractivity contribution in [3.05, 3.63) is 88.8 Å². The average Bonchev–Trinajstić information content (AvgIpc) is 3.55. The van der Waals surface area contributed by atoms with Crippen LogP contribution in [-0.2, 0) is 12.1 Å². The van der Waals surface area contributed by atoms with Crippen LogP contribution < -0.4 is 16.2 Å². The van der Waals surface area contributed by atoms with Gasteiger partial charge in [-0.05, 0) is 72.0 Å². The minimum atomic E-state index is -0.542. The van der Waals surface area contributed by atoms with Gasteiger partial charge in [-0.15, -0.1) is 0 Å². The first-order chi connectivity index (χ1) is 15.4. The number of carbonyl (C=O) groups is 1. The van der Waals surface area contributed by atoms with Crippen molar-refractivity contribution < 1.29 is 9.53 Å². The first-order valence-corrected chi connectivity index (χ1v) is 10.7. The monoisotopic (exact) mass is 444 g/mol. The number of aromatic nitrogens is 2. The van der Waals surface area contributed by atoms with Crippen molar-refractivity contribution in [3.63, 3.8) is 0 Å². The van der Waals surface area contributed by atoms with Gasteiger partial charge in [0.05, 0.1) is 16.8 Å². The Hall–Kier alpha value is -3.48. The van der Waals surface area contributed by atoms with Crippen LogP contribution in [0.1, 0.15) is 34.5 Å². The van der Waals surface area contributed by atoms with Crippen LogP contribution in [0.15, 0.2) is 67.0 Å². The van der Waals surface area contributed by atoms with E-state index in [-0.39, 0.29) is 12.1 Å². The highest BCUT2D eigenvalue weighted by Gasteiger charge is 2.41. The Bertz CT molecular complexity index is 1350. The smallest absolute Gasteiger partial charge is 0.250 e. The summed E-state index contributed by atoms with van der Waals surface area (Å²) in [5, 5.41) is 1.51. The molecule has 5 rings (SSSR count). The van der Waals surface area contributed by atoms with Gasteiger partial charge in [-0.1, -0.05) is 23.7 Å². The maximum absolute atomic E-state index is 11.7. The molecule has 2 heterocycles. The normalized spacial score (nSPS) is 14.3. The molecule has 32 heavy (non-hydrogen) atoms. The van der Waals surface area contributed by atoms with Crippen molar-refractivity contribution in [3.8, 4) is 16.9 Å². The third-order valence-corrected chi connectivity index (χ3v) is 6.14. The van der Waals surface area contributed by atoms with Crippen molar-refractivity contribution in [1.82, 2.24) is 9.97 Å². The first-order valence-electron chi connectivity index (χ1n) is 10.3. The van der Waals surface area contributed by atoms with Gasteiger partial charge in [0.1, 0.15) is 12.4 Å². The molecule has 0 atom stereocenters. The number of hydrogen-bond donors (Lipinski definition) is 2. The third kappa shape index (κ3) is 3.79. The van der Waals surface area contributed by atoms with E-state index < -0.39 is 5.91 Å². The van der Waals surface area contributed by atoms with Crippen LogP contribution >= 0.6 is 11.6 Å². The molecular weight excluding hydrogens is 424 g/mol. The second kappa shape index (κ2) is 7.89. The first kappa shape index (κ1) is 20.4. The molecule has 0 spiro atoms. The molecule has 160 valence electrons. The number of pyridine rings is 2. The van der Waals surface area contributed by atoms with Crippen LogP contribution in [0.3, 0.4) is 0 Å². The van der Waals surface area contributed by atoms with Gasteiger partial charge in [0.25, 0.3) is 5.91 Å². The summed E-state index contributed by atoms with van der Waals surface area (Å²) in [5.41, 5.74) is 15.9. The van der Waals surface area contributed by atoms with Crippen molar-refractivity contribution >= 4 is 28.4 Å². The predicted molar refractivity (Wildman–Crippen MR) is 124 cm³/mol. The van der Waals surface area contributed by atoms with Crippen molar-refractivity contribution in [2.45, 2.75) is 25.0 Å². The molecule has 2 aromatic carbocycles. The molecule has 1 saturated carbocycles. The molecule has 0 unspecified atom stereocenters. The molecule has 0 saturated heterocycles. The summed E-state index contributed by atoms with van der Waals surface area (Å²) in [5.74, 6) is 0.0874. The number of primary amides is 1. The Morgan fingerprint density at radius 2 is 1.81 bits per heavy atom. The second-order valence-corrected chi connectivity index (χ2v) is 8.45. The highest BCUT2D eigenvalue weighted by atomic mass is 35.5. The molecule has 1 fully saturated rings. The zero-order chi connectivity index (χ0) is 22.3. The summed E-state index contributed by atoms with van der Waals surface area (Å²) in [7, 11) is 0. The van der Waals surface area contributed by atoms with Crippen molar-refractivity contribution in [2.75, 3.05) is 0 Å². The number of rotatable bonds is 6. The molecule has 1 amide bonds. The van der Waals surface area contributed by atoms with Gasteiger partial charge < -0.3 is 16.2 Å². The number of nitrogens with zero attached hydrogens (tertiary/aromatic N) is 2.